The third-order valence-corrected chi connectivity index (χ3v) is 3.61. The number of nitrogens with one attached hydrogen (secondary N) is 1. The maximum atomic E-state index is 4.35. The summed E-state index contributed by atoms with van der Waals surface area (Å²) in [7, 11) is 2.09. The van der Waals surface area contributed by atoms with Crippen LogP contribution >= 0.6 is 0 Å². The first kappa shape index (κ1) is 12.6. The van der Waals surface area contributed by atoms with E-state index >= 15 is 0 Å². The first-order valence-corrected chi connectivity index (χ1v) is 6.89. The number of rotatable bonds is 8. The zero-order valence-corrected chi connectivity index (χ0v) is 11.0. The van der Waals surface area contributed by atoms with E-state index in [9.17, 15) is 0 Å². The Kier molecular flexibility index (Phi) is 4.54. The van der Waals surface area contributed by atoms with Crippen molar-refractivity contribution in [1.29, 1.82) is 0 Å². The highest BCUT2D eigenvalue weighted by atomic mass is 15.3. The third kappa shape index (κ3) is 3.53. The quantitative estimate of drug-likeness (QED) is 0.751. The zero-order valence-electron chi connectivity index (χ0n) is 11.0. The van der Waals surface area contributed by atoms with Crippen molar-refractivity contribution in [2.24, 2.45) is 5.92 Å². The zero-order chi connectivity index (χ0) is 12.1. The Balaban J connectivity index is 1.74. The molecule has 4 heteroatoms. The molecule has 1 aliphatic rings. The second-order valence-corrected chi connectivity index (χ2v) is 5.02. The van der Waals surface area contributed by atoms with Gasteiger partial charge in [0.2, 0.25) is 0 Å². The molecule has 1 unspecified atom stereocenters. The van der Waals surface area contributed by atoms with Gasteiger partial charge in [-0.2, -0.15) is 5.10 Å². The molecule has 0 spiro atoms. The molecular formula is C13H24N4. The number of hydrogen-bond acceptors (Lipinski definition) is 3. The number of aromatic nitrogens is 3. The maximum absolute atomic E-state index is 4.35. The number of aryl methyl sites for hydroxylation is 2. The molecule has 0 aliphatic heterocycles. The van der Waals surface area contributed by atoms with Crippen molar-refractivity contribution in [2.45, 2.75) is 58.0 Å². The van der Waals surface area contributed by atoms with Crippen LogP contribution in [0.25, 0.3) is 0 Å². The molecule has 2 rings (SSSR count). The SMILES string of the molecule is CCCn1ncnc1CCCC(NC)C1CC1. The average molecular weight is 236 g/mol. The summed E-state index contributed by atoms with van der Waals surface area (Å²) in [6.45, 7) is 3.17. The molecule has 0 radical (unpaired) electrons. The molecule has 1 fully saturated rings. The van der Waals surface area contributed by atoms with Crippen molar-refractivity contribution in [3.05, 3.63) is 12.2 Å². The smallest absolute Gasteiger partial charge is 0.138 e. The predicted octanol–water partition coefficient (Wildman–Crippen LogP) is 2.01. The Labute approximate surface area is 104 Å². The van der Waals surface area contributed by atoms with Crippen LogP contribution in [-0.2, 0) is 13.0 Å². The highest BCUT2D eigenvalue weighted by Gasteiger charge is 2.29. The first-order valence-electron chi connectivity index (χ1n) is 6.89. The Morgan fingerprint density at radius 2 is 2.35 bits per heavy atom. The standard InChI is InChI=1S/C13H24N4/c1-3-9-17-13(15-10-16-17)6-4-5-12(14-2)11-7-8-11/h10-12,14H,3-9H2,1-2H3. The topological polar surface area (TPSA) is 42.7 Å². The van der Waals surface area contributed by atoms with E-state index in [1.807, 2.05) is 4.68 Å². The van der Waals surface area contributed by atoms with Crippen LogP contribution in [0.1, 0.15) is 44.9 Å². The molecule has 96 valence electrons. The van der Waals surface area contributed by atoms with E-state index in [-0.39, 0.29) is 0 Å². The van der Waals surface area contributed by atoms with Gasteiger partial charge in [0, 0.05) is 19.0 Å². The molecule has 1 atom stereocenters. The molecule has 1 aromatic heterocycles. The van der Waals surface area contributed by atoms with Crippen LogP contribution in [0, 0.1) is 5.92 Å². The summed E-state index contributed by atoms with van der Waals surface area (Å²) in [5, 5.41) is 7.70. The molecule has 1 aromatic rings. The molecule has 0 amide bonds. The van der Waals surface area contributed by atoms with E-state index in [4.69, 9.17) is 0 Å². The Bertz CT molecular complexity index is 330. The van der Waals surface area contributed by atoms with Crippen molar-refractivity contribution >= 4 is 0 Å². The lowest BCUT2D eigenvalue weighted by Crippen LogP contribution is -2.27. The fourth-order valence-corrected chi connectivity index (χ4v) is 2.47. The molecule has 0 bridgehead atoms. The summed E-state index contributed by atoms with van der Waals surface area (Å²) < 4.78 is 2.05. The van der Waals surface area contributed by atoms with Gasteiger partial charge in [-0.05, 0) is 45.1 Å². The van der Waals surface area contributed by atoms with Gasteiger partial charge in [0.15, 0.2) is 0 Å². The predicted molar refractivity (Wildman–Crippen MR) is 68.8 cm³/mol. The molecular weight excluding hydrogens is 212 g/mol. The minimum atomic E-state index is 0.720. The molecule has 1 aliphatic carbocycles. The average Bonchev–Trinajstić information content (AvgIpc) is 3.08. The van der Waals surface area contributed by atoms with Crippen LogP contribution in [-0.4, -0.2) is 27.9 Å². The van der Waals surface area contributed by atoms with Crippen molar-refractivity contribution in [3.63, 3.8) is 0 Å². The van der Waals surface area contributed by atoms with E-state index < -0.39 is 0 Å². The van der Waals surface area contributed by atoms with Crippen LogP contribution in [0.3, 0.4) is 0 Å². The largest absolute Gasteiger partial charge is 0.317 e. The highest BCUT2D eigenvalue weighted by molar-refractivity contribution is 4.88. The summed E-state index contributed by atoms with van der Waals surface area (Å²) in [6.07, 6.45) is 9.17. The van der Waals surface area contributed by atoms with Gasteiger partial charge in [-0.3, -0.25) is 4.68 Å². The van der Waals surface area contributed by atoms with Crippen molar-refractivity contribution in [2.75, 3.05) is 7.05 Å². The maximum Gasteiger partial charge on any atom is 0.138 e. The van der Waals surface area contributed by atoms with Gasteiger partial charge in [0.05, 0.1) is 0 Å². The lowest BCUT2D eigenvalue weighted by Gasteiger charge is -2.14. The normalized spacial score (nSPS) is 17.3. The van der Waals surface area contributed by atoms with Crippen molar-refractivity contribution in [3.8, 4) is 0 Å². The van der Waals surface area contributed by atoms with E-state index in [2.05, 4.69) is 29.4 Å². The number of nitrogens with zero attached hydrogens (tertiary/aromatic N) is 3. The third-order valence-electron chi connectivity index (χ3n) is 3.61. The summed E-state index contributed by atoms with van der Waals surface area (Å²) in [6, 6.07) is 0.720. The van der Waals surface area contributed by atoms with Crippen LogP contribution in [0.15, 0.2) is 6.33 Å². The molecule has 0 saturated heterocycles. The monoisotopic (exact) mass is 236 g/mol. The highest BCUT2D eigenvalue weighted by Crippen LogP contribution is 2.34. The second-order valence-electron chi connectivity index (χ2n) is 5.02. The van der Waals surface area contributed by atoms with Gasteiger partial charge < -0.3 is 5.32 Å². The fourth-order valence-electron chi connectivity index (χ4n) is 2.47. The summed E-state index contributed by atoms with van der Waals surface area (Å²) >= 11 is 0. The van der Waals surface area contributed by atoms with Gasteiger partial charge in [-0.25, -0.2) is 4.98 Å². The summed E-state index contributed by atoms with van der Waals surface area (Å²) in [5.74, 6) is 2.09. The van der Waals surface area contributed by atoms with E-state index in [1.165, 1.54) is 25.7 Å². The molecule has 1 N–H and O–H groups in total. The minimum absolute atomic E-state index is 0.720. The lowest BCUT2D eigenvalue weighted by atomic mass is 10.1. The number of hydrogen-bond donors (Lipinski definition) is 1. The van der Waals surface area contributed by atoms with Crippen LogP contribution in [0.5, 0.6) is 0 Å². The summed E-state index contributed by atoms with van der Waals surface area (Å²) in [4.78, 5) is 4.35. The Morgan fingerprint density at radius 1 is 1.53 bits per heavy atom. The van der Waals surface area contributed by atoms with Crippen molar-refractivity contribution < 1.29 is 0 Å². The Hall–Kier alpha value is -0.900. The van der Waals surface area contributed by atoms with E-state index in [0.717, 1.165) is 37.2 Å². The van der Waals surface area contributed by atoms with Crippen LogP contribution in [0.4, 0.5) is 0 Å². The molecule has 1 saturated carbocycles. The van der Waals surface area contributed by atoms with Gasteiger partial charge in [-0.15, -0.1) is 0 Å². The summed E-state index contributed by atoms with van der Waals surface area (Å²) in [5.41, 5.74) is 0. The fraction of sp³-hybridized carbons (Fsp3) is 0.846. The van der Waals surface area contributed by atoms with Crippen molar-refractivity contribution in [1.82, 2.24) is 20.1 Å². The molecule has 4 nitrogen and oxygen atoms in total. The molecule has 1 heterocycles. The van der Waals surface area contributed by atoms with E-state index in [0.29, 0.717) is 0 Å². The minimum Gasteiger partial charge on any atom is -0.317 e. The van der Waals surface area contributed by atoms with Gasteiger partial charge in [0.25, 0.3) is 0 Å². The lowest BCUT2D eigenvalue weighted by molar-refractivity contribution is 0.449. The van der Waals surface area contributed by atoms with Gasteiger partial charge >= 0.3 is 0 Å². The van der Waals surface area contributed by atoms with Gasteiger partial charge in [-0.1, -0.05) is 6.92 Å². The second kappa shape index (κ2) is 6.15. The molecule has 17 heavy (non-hydrogen) atoms. The van der Waals surface area contributed by atoms with Crippen LogP contribution < -0.4 is 5.32 Å². The first-order chi connectivity index (χ1) is 8.35. The van der Waals surface area contributed by atoms with Gasteiger partial charge in [0.1, 0.15) is 12.2 Å². The van der Waals surface area contributed by atoms with E-state index in [1.54, 1.807) is 6.33 Å². The molecule has 0 aromatic carbocycles. The van der Waals surface area contributed by atoms with Crippen LogP contribution in [0.2, 0.25) is 0 Å². The Morgan fingerprint density at radius 3 is 3.00 bits per heavy atom.